The Morgan fingerprint density at radius 1 is 1.08 bits per heavy atom. The molecule has 0 fully saturated rings. The second kappa shape index (κ2) is 7.78. The van der Waals surface area contributed by atoms with E-state index in [0.717, 1.165) is 12.1 Å². The third kappa shape index (κ3) is 4.66. The summed E-state index contributed by atoms with van der Waals surface area (Å²) < 4.78 is 50.8. The van der Waals surface area contributed by atoms with Crippen molar-refractivity contribution in [3.05, 3.63) is 63.6 Å². The molecular formula is C16H15Cl2F2NO2S. The van der Waals surface area contributed by atoms with Crippen LogP contribution in [0.5, 0.6) is 0 Å². The van der Waals surface area contributed by atoms with Gasteiger partial charge < -0.3 is 5.32 Å². The maximum absolute atomic E-state index is 13.2. The molecule has 0 aromatic heterocycles. The first kappa shape index (κ1) is 19.1. The molecule has 0 saturated carbocycles. The summed E-state index contributed by atoms with van der Waals surface area (Å²) in [7, 11) is -3.62. The van der Waals surface area contributed by atoms with Gasteiger partial charge in [-0.15, -0.1) is 0 Å². The van der Waals surface area contributed by atoms with Crippen LogP contribution in [-0.2, 0) is 9.84 Å². The van der Waals surface area contributed by atoms with E-state index in [2.05, 4.69) is 5.32 Å². The van der Waals surface area contributed by atoms with Gasteiger partial charge in [-0.3, -0.25) is 0 Å². The first-order valence-corrected chi connectivity index (χ1v) is 9.47. The number of rotatable bonds is 6. The highest BCUT2D eigenvalue weighted by Gasteiger charge is 2.19. The zero-order valence-corrected chi connectivity index (χ0v) is 15.0. The fraction of sp³-hybridized carbons (Fsp3) is 0.250. The molecular weight excluding hydrogens is 379 g/mol. The molecule has 0 radical (unpaired) electrons. The largest absolute Gasteiger partial charge is 0.309 e. The van der Waals surface area contributed by atoms with Crippen LogP contribution in [0.4, 0.5) is 8.78 Å². The lowest BCUT2D eigenvalue weighted by Crippen LogP contribution is -2.26. The Morgan fingerprint density at radius 3 is 2.46 bits per heavy atom. The smallest absolute Gasteiger partial charge is 0.181 e. The molecule has 24 heavy (non-hydrogen) atoms. The Morgan fingerprint density at radius 2 is 1.79 bits per heavy atom. The van der Waals surface area contributed by atoms with E-state index in [-0.39, 0.29) is 33.3 Å². The van der Waals surface area contributed by atoms with Gasteiger partial charge in [-0.1, -0.05) is 29.3 Å². The Kier molecular flexibility index (Phi) is 6.20. The van der Waals surface area contributed by atoms with Crippen LogP contribution in [0, 0.1) is 11.6 Å². The number of sulfone groups is 1. The Labute approximate surface area is 149 Å². The van der Waals surface area contributed by atoms with Gasteiger partial charge in [0.1, 0.15) is 0 Å². The van der Waals surface area contributed by atoms with E-state index >= 15 is 0 Å². The highest BCUT2D eigenvalue weighted by molar-refractivity contribution is 7.91. The normalized spacial score (nSPS) is 13.0. The van der Waals surface area contributed by atoms with Gasteiger partial charge in [0, 0.05) is 17.6 Å². The van der Waals surface area contributed by atoms with Crippen LogP contribution < -0.4 is 5.32 Å². The summed E-state index contributed by atoms with van der Waals surface area (Å²) in [6, 6.07) is 7.45. The van der Waals surface area contributed by atoms with Crippen molar-refractivity contribution < 1.29 is 17.2 Å². The highest BCUT2D eigenvalue weighted by atomic mass is 35.5. The third-order valence-corrected chi connectivity index (χ3v) is 5.92. The van der Waals surface area contributed by atoms with Crippen molar-refractivity contribution in [3.8, 4) is 0 Å². The molecule has 8 heteroatoms. The molecule has 0 bridgehead atoms. The summed E-state index contributed by atoms with van der Waals surface area (Å²) in [5, 5.41) is 3.34. The fourth-order valence-electron chi connectivity index (χ4n) is 2.13. The van der Waals surface area contributed by atoms with Gasteiger partial charge in [0.05, 0.1) is 15.7 Å². The fourth-order valence-corrected chi connectivity index (χ4v) is 4.12. The third-order valence-electron chi connectivity index (χ3n) is 3.49. The van der Waals surface area contributed by atoms with Crippen molar-refractivity contribution in [1.82, 2.24) is 5.32 Å². The Hall–Kier alpha value is -1.21. The minimum Gasteiger partial charge on any atom is -0.309 e. The van der Waals surface area contributed by atoms with Crippen LogP contribution in [0.15, 0.2) is 41.3 Å². The lowest BCUT2D eigenvalue weighted by atomic mass is 10.1. The van der Waals surface area contributed by atoms with Gasteiger partial charge in [0.2, 0.25) is 0 Å². The van der Waals surface area contributed by atoms with Crippen LogP contribution in [0.3, 0.4) is 0 Å². The zero-order chi connectivity index (χ0) is 17.9. The molecule has 0 aliphatic carbocycles. The molecule has 0 heterocycles. The lowest BCUT2D eigenvalue weighted by Gasteiger charge is -2.15. The van der Waals surface area contributed by atoms with Crippen molar-refractivity contribution in [2.45, 2.75) is 17.9 Å². The topological polar surface area (TPSA) is 46.2 Å². The second-order valence-corrected chi connectivity index (χ2v) is 8.16. The van der Waals surface area contributed by atoms with E-state index in [9.17, 15) is 17.2 Å². The lowest BCUT2D eigenvalue weighted by molar-refractivity contribution is 0.502. The monoisotopic (exact) mass is 393 g/mol. The molecule has 0 saturated heterocycles. The van der Waals surface area contributed by atoms with Crippen molar-refractivity contribution in [3.63, 3.8) is 0 Å². The van der Waals surface area contributed by atoms with Crippen molar-refractivity contribution in [2.24, 2.45) is 0 Å². The molecule has 0 spiro atoms. The molecule has 3 nitrogen and oxygen atoms in total. The maximum atomic E-state index is 13.2. The molecule has 1 atom stereocenters. The summed E-state index contributed by atoms with van der Waals surface area (Å²) in [5.74, 6) is -2.08. The Balaban J connectivity index is 2.02. The van der Waals surface area contributed by atoms with Gasteiger partial charge in [-0.05, 0) is 42.8 Å². The van der Waals surface area contributed by atoms with Gasteiger partial charge in [0.25, 0.3) is 0 Å². The zero-order valence-electron chi connectivity index (χ0n) is 12.7. The summed E-state index contributed by atoms with van der Waals surface area (Å²) in [4.78, 5) is -0.0288. The van der Waals surface area contributed by atoms with E-state index < -0.39 is 21.5 Å². The molecule has 1 unspecified atom stereocenters. The molecule has 2 aromatic carbocycles. The second-order valence-electron chi connectivity index (χ2n) is 5.24. The van der Waals surface area contributed by atoms with Crippen LogP contribution in [0.1, 0.15) is 18.5 Å². The van der Waals surface area contributed by atoms with Gasteiger partial charge in [-0.2, -0.15) is 0 Å². The standard InChI is InChI=1S/C16H15Cl2F2NO2S/c1-10(11-2-5-14(19)15(20)8-11)21-6-7-24(22,23)16-9-12(17)3-4-13(16)18/h2-5,8-10,21H,6-7H2,1H3. The molecule has 2 aromatic rings. The van der Waals surface area contributed by atoms with Crippen molar-refractivity contribution in [2.75, 3.05) is 12.3 Å². The summed E-state index contributed by atoms with van der Waals surface area (Å²) in [6.45, 7) is 1.84. The van der Waals surface area contributed by atoms with Crippen LogP contribution in [0.25, 0.3) is 0 Å². The minimum absolute atomic E-state index is 0.0288. The van der Waals surface area contributed by atoms with Gasteiger partial charge in [0.15, 0.2) is 21.5 Å². The SMILES string of the molecule is CC(NCCS(=O)(=O)c1cc(Cl)ccc1Cl)c1ccc(F)c(F)c1. The molecule has 0 amide bonds. The quantitative estimate of drug-likeness (QED) is 0.790. The summed E-state index contributed by atoms with van der Waals surface area (Å²) >= 11 is 11.7. The van der Waals surface area contributed by atoms with E-state index in [1.807, 2.05) is 0 Å². The molecule has 130 valence electrons. The van der Waals surface area contributed by atoms with E-state index in [1.54, 1.807) is 6.92 Å². The van der Waals surface area contributed by atoms with Gasteiger partial charge in [-0.25, -0.2) is 17.2 Å². The predicted molar refractivity (Wildman–Crippen MR) is 91.3 cm³/mol. The maximum Gasteiger partial charge on any atom is 0.181 e. The highest BCUT2D eigenvalue weighted by Crippen LogP contribution is 2.26. The number of nitrogens with one attached hydrogen (secondary N) is 1. The first-order chi connectivity index (χ1) is 11.2. The minimum atomic E-state index is -3.62. The van der Waals surface area contributed by atoms with Crippen molar-refractivity contribution >= 4 is 33.0 Å². The predicted octanol–water partition coefficient (Wildman–Crippen LogP) is 4.40. The van der Waals surface area contributed by atoms with E-state index in [4.69, 9.17) is 23.2 Å². The number of hydrogen-bond acceptors (Lipinski definition) is 3. The molecule has 2 rings (SSSR count). The van der Waals surface area contributed by atoms with Gasteiger partial charge >= 0.3 is 0 Å². The Bertz CT molecular complexity index is 844. The first-order valence-electron chi connectivity index (χ1n) is 7.07. The number of hydrogen-bond donors (Lipinski definition) is 1. The molecule has 0 aliphatic heterocycles. The van der Waals surface area contributed by atoms with Crippen LogP contribution >= 0.6 is 23.2 Å². The summed E-state index contributed by atoms with van der Waals surface area (Å²) in [6.07, 6.45) is 0. The van der Waals surface area contributed by atoms with Crippen molar-refractivity contribution in [1.29, 1.82) is 0 Å². The van der Waals surface area contributed by atoms with Crippen LogP contribution in [-0.4, -0.2) is 20.7 Å². The molecule has 0 aliphatic rings. The molecule has 1 N–H and O–H groups in total. The average Bonchev–Trinajstić information content (AvgIpc) is 2.52. The number of halogens is 4. The number of benzene rings is 2. The van der Waals surface area contributed by atoms with E-state index in [1.165, 1.54) is 24.3 Å². The van der Waals surface area contributed by atoms with Crippen LogP contribution in [0.2, 0.25) is 10.0 Å². The average molecular weight is 394 g/mol. The van der Waals surface area contributed by atoms with E-state index in [0.29, 0.717) is 5.56 Å². The summed E-state index contributed by atoms with van der Waals surface area (Å²) in [5.41, 5.74) is 0.520.